The molecule has 2 aliphatic rings. The lowest BCUT2D eigenvalue weighted by Crippen LogP contribution is -2.48. The lowest BCUT2D eigenvalue weighted by molar-refractivity contribution is 0.264. The number of hydrogen-bond acceptors (Lipinski definition) is 6. The quantitative estimate of drug-likeness (QED) is 0.831. The zero-order valence-electron chi connectivity index (χ0n) is 17.1. The van der Waals surface area contributed by atoms with Gasteiger partial charge in [0.1, 0.15) is 12.1 Å². The van der Waals surface area contributed by atoms with Gasteiger partial charge in [0.05, 0.1) is 11.4 Å². The Kier molecular flexibility index (Phi) is 5.61. The number of benzene rings is 1. The Balaban J connectivity index is 1.51. The number of likely N-dealkylation sites (N-methyl/N-ethyl adjacent to an activating group) is 1. The number of hydrogen-bond donors (Lipinski definition) is 1. The van der Waals surface area contributed by atoms with Gasteiger partial charge in [-0.1, -0.05) is 19.2 Å². The minimum absolute atomic E-state index is 0.222. The summed E-state index contributed by atoms with van der Waals surface area (Å²) in [4.78, 5) is 17.4. The molecule has 154 valence electrons. The second-order valence-electron chi connectivity index (χ2n) is 7.53. The third-order valence-corrected chi connectivity index (χ3v) is 5.43. The predicted molar refractivity (Wildman–Crippen MR) is 118 cm³/mol. The maximum atomic E-state index is 13.5. The number of aromatic nitrogens is 2. The summed E-state index contributed by atoms with van der Waals surface area (Å²) < 4.78 is 13.5. The molecule has 0 radical (unpaired) electrons. The smallest absolute Gasteiger partial charge is 0.206 e. The number of aliphatic imine (C=N–C) groups is 1. The predicted octanol–water partition coefficient (Wildman–Crippen LogP) is 4.11. The molecule has 4 rings (SSSR count). The molecule has 7 heteroatoms. The molecule has 3 heterocycles. The molecule has 2 aromatic rings. The number of rotatable bonds is 4. The highest BCUT2D eigenvalue weighted by Gasteiger charge is 2.29. The molecule has 0 bridgehead atoms. The average molecular weight is 404 g/mol. The fraction of sp³-hybridized carbons (Fsp3) is 0.261. The highest BCUT2D eigenvalue weighted by molar-refractivity contribution is 5.90. The number of nitrogens with one attached hydrogen (secondary N) is 1. The Labute approximate surface area is 176 Å². The van der Waals surface area contributed by atoms with E-state index in [1.807, 2.05) is 30.2 Å². The van der Waals surface area contributed by atoms with E-state index in [2.05, 4.69) is 33.3 Å². The van der Waals surface area contributed by atoms with Crippen molar-refractivity contribution in [3.05, 3.63) is 85.0 Å². The molecule has 1 aromatic heterocycles. The van der Waals surface area contributed by atoms with Gasteiger partial charge in [0.25, 0.3) is 0 Å². The summed E-state index contributed by atoms with van der Waals surface area (Å²) in [5.74, 6) is 0.804. The summed E-state index contributed by atoms with van der Waals surface area (Å²) in [7, 11) is 1.97. The first-order chi connectivity index (χ1) is 14.5. The Morgan fingerprint density at radius 1 is 1.30 bits per heavy atom. The van der Waals surface area contributed by atoms with Gasteiger partial charge < -0.3 is 15.1 Å². The third kappa shape index (κ3) is 4.25. The van der Waals surface area contributed by atoms with Crippen LogP contribution in [0.3, 0.4) is 0 Å². The molecule has 1 saturated heterocycles. The molecule has 0 saturated carbocycles. The number of piperidine rings is 1. The van der Waals surface area contributed by atoms with Crippen molar-refractivity contribution in [3.63, 3.8) is 0 Å². The molecule has 1 fully saturated rings. The van der Waals surface area contributed by atoms with E-state index in [9.17, 15) is 4.39 Å². The zero-order valence-corrected chi connectivity index (χ0v) is 17.1. The van der Waals surface area contributed by atoms with Crippen molar-refractivity contribution in [2.45, 2.75) is 12.8 Å². The maximum absolute atomic E-state index is 13.5. The molecule has 2 aliphatic heterocycles. The van der Waals surface area contributed by atoms with Crippen LogP contribution in [0.2, 0.25) is 0 Å². The van der Waals surface area contributed by atoms with Crippen molar-refractivity contribution >= 4 is 17.3 Å². The third-order valence-electron chi connectivity index (χ3n) is 5.43. The fourth-order valence-electron chi connectivity index (χ4n) is 3.75. The largest absolute Gasteiger partial charge is 0.359 e. The monoisotopic (exact) mass is 404 g/mol. The minimum atomic E-state index is -0.265. The fourth-order valence-corrected chi connectivity index (χ4v) is 3.75. The van der Waals surface area contributed by atoms with Gasteiger partial charge in [-0.05, 0) is 43.2 Å². The van der Waals surface area contributed by atoms with Crippen LogP contribution < -0.4 is 5.32 Å². The first-order valence-electron chi connectivity index (χ1n) is 9.97. The van der Waals surface area contributed by atoms with Gasteiger partial charge in [-0.15, -0.1) is 0 Å². The van der Waals surface area contributed by atoms with Gasteiger partial charge in [0, 0.05) is 49.3 Å². The number of anilines is 1. The normalized spacial score (nSPS) is 19.3. The second-order valence-corrected chi connectivity index (χ2v) is 7.53. The van der Waals surface area contributed by atoms with Crippen molar-refractivity contribution in [2.75, 3.05) is 25.5 Å². The van der Waals surface area contributed by atoms with Crippen molar-refractivity contribution in [2.24, 2.45) is 10.9 Å². The summed E-state index contributed by atoms with van der Waals surface area (Å²) in [6.07, 6.45) is 7.19. The first kappa shape index (κ1) is 19.8. The molecule has 1 unspecified atom stereocenters. The molecule has 1 N–H and O–H groups in total. The maximum Gasteiger partial charge on any atom is 0.206 e. The number of guanidine groups is 1. The van der Waals surface area contributed by atoms with E-state index < -0.39 is 0 Å². The van der Waals surface area contributed by atoms with Crippen molar-refractivity contribution in [1.29, 1.82) is 0 Å². The Morgan fingerprint density at radius 2 is 2.17 bits per heavy atom. The van der Waals surface area contributed by atoms with E-state index in [-0.39, 0.29) is 11.7 Å². The van der Waals surface area contributed by atoms with Crippen molar-refractivity contribution in [1.82, 2.24) is 19.8 Å². The summed E-state index contributed by atoms with van der Waals surface area (Å²) in [6.45, 7) is 10.1. The number of likely N-dealkylation sites (tertiary alicyclic amines) is 1. The second kappa shape index (κ2) is 8.49. The van der Waals surface area contributed by atoms with Crippen LogP contribution >= 0.6 is 0 Å². The molecule has 1 aromatic carbocycles. The van der Waals surface area contributed by atoms with Gasteiger partial charge in [-0.3, -0.25) is 0 Å². The Bertz CT molecular complexity index is 1010. The van der Waals surface area contributed by atoms with E-state index >= 15 is 0 Å². The topological polar surface area (TPSA) is 56.6 Å². The Morgan fingerprint density at radius 3 is 2.93 bits per heavy atom. The summed E-state index contributed by atoms with van der Waals surface area (Å²) in [5.41, 5.74) is 3.99. The van der Waals surface area contributed by atoms with E-state index in [4.69, 9.17) is 4.99 Å². The summed E-state index contributed by atoms with van der Waals surface area (Å²) >= 11 is 0. The first-order valence-corrected chi connectivity index (χ1v) is 9.97. The SMILES string of the molecule is C=C(Nc1cccc(F)c1)C1CCCN(C2=NC(c3ccncn3)=CC(=C)N2C)C1. The standard InChI is InChI=1S/C23H25FN6/c1-16-12-22(21-9-10-25-15-26-21)28-23(29(16)3)30-11-5-6-18(14-30)17(2)27-20-8-4-7-19(24)13-20/h4,7-10,12-13,15,18,27H,1-2,5-6,11,14H2,3H3. The minimum Gasteiger partial charge on any atom is -0.359 e. The number of allylic oxidation sites excluding steroid dienone is 1. The highest BCUT2D eigenvalue weighted by atomic mass is 19.1. The van der Waals surface area contributed by atoms with E-state index in [0.29, 0.717) is 5.69 Å². The van der Waals surface area contributed by atoms with Crippen molar-refractivity contribution < 1.29 is 4.39 Å². The molecule has 0 amide bonds. The molecular formula is C23H25FN6. The van der Waals surface area contributed by atoms with Crippen LogP contribution in [0.5, 0.6) is 0 Å². The van der Waals surface area contributed by atoms with Crippen LogP contribution in [0, 0.1) is 11.7 Å². The molecule has 30 heavy (non-hydrogen) atoms. The van der Waals surface area contributed by atoms with Gasteiger partial charge in [0.15, 0.2) is 0 Å². The van der Waals surface area contributed by atoms with Crippen LogP contribution in [0.4, 0.5) is 10.1 Å². The summed E-state index contributed by atoms with van der Waals surface area (Å²) in [5, 5.41) is 3.27. The summed E-state index contributed by atoms with van der Waals surface area (Å²) in [6, 6.07) is 8.29. The van der Waals surface area contributed by atoms with Gasteiger partial charge in [-0.25, -0.2) is 19.4 Å². The molecule has 0 spiro atoms. The van der Waals surface area contributed by atoms with Crippen LogP contribution in [-0.4, -0.2) is 45.9 Å². The average Bonchev–Trinajstić information content (AvgIpc) is 2.76. The molecule has 6 nitrogen and oxygen atoms in total. The molecular weight excluding hydrogens is 379 g/mol. The van der Waals surface area contributed by atoms with Crippen LogP contribution in [-0.2, 0) is 0 Å². The van der Waals surface area contributed by atoms with Gasteiger partial charge >= 0.3 is 0 Å². The van der Waals surface area contributed by atoms with Crippen LogP contribution in [0.25, 0.3) is 5.70 Å². The number of halogens is 1. The molecule has 1 atom stereocenters. The highest BCUT2D eigenvalue weighted by Crippen LogP contribution is 2.28. The van der Waals surface area contributed by atoms with Gasteiger partial charge in [0.2, 0.25) is 5.96 Å². The van der Waals surface area contributed by atoms with E-state index in [1.165, 1.54) is 18.5 Å². The zero-order chi connectivity index (χ0) is 21.1. The van der Waals surface area contributed by atoms with Gasteiger partial charge in [-0.2, -0.15) is 0 Å². The van der Waals surface area contributed by atoms with E-state index in [1.54, 1.807) is 12.3 Å². The van der Waals surface area contributed by atoms with Crippen LogP contribution in [0.1, 0.15) is 18.5 Å². The van der Waals surface area contributed by atoms with Crippen molar-refractivity contribution in [3.8, 4) is 0 Å². The lowest BCUT2D eigenvalue weighted by atomic mass is 9.95. The number of nitrogens with zero attached hydrogens (tertiary/aromatic N) is 5. The Hall–Kier alpha value is -3.48. The lowest BCUT2D eigenvalue weighted by Gasteiger charge is -2.40. The van der Waals surface area contributed by atoms with Crippen LogP contribution in [0.15, 0.2) is 78.5 Å². The van der Waals surface area contributed by atoms with E-state index in [0.717, 1.165) is 54.7 Å². The molecule has 0 aliphatic carbocycles.